The Morgan fingerprint density at radius 3 is 2.83 bits per heavy atom. The molecule has 0 aliphatic carbocycles. The van der Waals surface area contributed by atoms with Crippen LogP contribution in [0.15, 0.2) is 24.3 Å². The maximum Gasteiger partial charge on any atom is 0.274 e. The Balaban J connectivity index is 1.86. The molecule has 2 heterocycles. The van der Waals surface area contributed by atoms with Gasteiger partial charge in [-0.05, 0) is 18.2 Å². The van der Waals surface area contributed by atoms with E-state index in [1.165, 1.54) is 4.90 Å². The first-order chi connectivity index (χ1) is 11.0. The van der Waals surface area contributed by atoms with E-state index in [0.717, 1.165) is 11.3 Å². The number of fused-ring (bicyclic) bond motifs is 1. The summed E-state index contributed by atoms with van der Waals surface area (Å²) in [5.41, 5.74) is 2.65. The second kappa shape index (κ2) is 6.04. The maximum absolute atomic E-state index is 12.6. The van der Waals surface area contributed by atoms with E-state index in [-0.39, 0.29) is 11.8 Å². The molecule has 6 nitrogen and oxygen atoms in total. The van der Waals surface area contributed by atoms with Crippen molar-refractivity contribution < 1.29 is 9.59 Å². The number of nitrogens with one attached hydrogen (secondary N) is 1. The SMILES string of the molecule is CN(C)C(=O)c1n[nH]c2c1CN(C(=O)c1cccc(Cl)c1)CC2. The van der Waals surface area contributed by atoms with Crippen LogP contribution < -0.4 is 0 Å². The van der Waals surface area contributed by atoms with Gasteiger partial charge in [0.25, 0.3) is 11.8 Å². The molecular weight excluding hydrogens is 316 g/mol. The highest BCUT2D eigenvalue weighted by Gasteiger charge is 2.28. The van der Waals surface area contributed by atoms with E-state index in [1.54, 1.807) is 43.3 Å². The van der Waals surface area contributed by atoms with Gasteiger partial charge in [-0.2, -0.15) is 5.10 Å². The minimum absolute atomic E-state index is 0.0948. The molecule has 0 saturated carbocycles. The van der Waals surface area contributed by atoms with Crippen LogP contribution in [0.1, 0.15) is 32.1 Å². The second-order valence-electron chi connectivity index (χ2n) is 5.72. The molecule has 0 saturated heterocycles. The lowest BCUT2D eigenvalue weighted by Gasteiger charge is -2.27. The third-order valence-electron chi connectivity index (χ3n) is 3.90. The van der Waals surface area contributed by atoms with Crippen molar-refractivity contribution in [1.29, 1.82) is 0 Å². The summed E-state index contributed by atoms with van der Waals surface area (Å²) in [4.78, 5) is 28.0. The number of carbonyl (C=O) groups excluding carboxylic acids is 2. The van der Waals surface area contributed by atoms with Crippen molar-refractivity contribution >= 4 is 23.4 Å². The van der Waals surface area contributed by atoms with E-state index in [9.17, 15) is 9.59 Å². The van der Waals surface area contributed by atoms with Gasteiger partial charge in [0.15, 0.2) is 5.69 Å². The molecule has 1 aromatic carbocycles. The van der Waals surface area contributed by atoms with Crippen LogP contribution in [0.25, 0.3) is 0 Å². The molecule has 2 aromatic rings. The fourth-order valence-corrected chi connectivity index (χ4v) is 2.85. The summed E-state index contributed by atoms with van der Waals surface area (Å²) in [6.45, 7) is 0.947. The van der Waals surface area contributed by atoms with Crippen molar-refractivity contribution in [2.45, 2.75) is 13.0 Å². The highest BCUT2D eigenvalue weighted by atomic mass is 35.5. The molecule has 0 unspecified atom stereocenters. The van der Waals surface area contributed by atoms with Gasteiger partial charge in [0.2, 0.25) is 0 Å². The van der Waals surface area contributed by atoms with Crippen LogP contribution in [0.5, 0.6) is 0 Å². The summed E-state index contributed by atoms with van der Waals surface area (Å²) in [6.07, 6.45) is 0.648. The third-order valence-corrected chi connectivity index (χ3v) is 4.14. The highest BCUT2D eigenvalue weighted by molar-refractivity contribution is 6.30. The minimum Gasteiger partial charge on any atom is -0.343 e. The predicted octanol–water partition coefficient (Wildman–Crippen LogP) is 1.96. The molecule has 0 radical (unpaired) electrons. The zero-order valence-corrected chi connectivity index (χ0v) is 13.7. The average Bonchev–Trinajstić information content (AvgIpc) is 2.96. The lowest BCUT2D eigenvalue weighted by atomic mass is 10.0. The van der Waals surface area contributed by atoms with E-state index in [2.05, 4.69) is 10.2 Å². The fraction of sp³-hybridized carbons (Fsp3) is 0.312. The molecule has 0 atom stereocenters. The van der Waals surface area contributed by atoms with Crippen molar-refractivity contribution in [1.82, 2.24) is 20.0 Å². The average molecular weight is 333 g/mol. The zero-order valence-electron chi connectivity index (χ0n) is 13.0. The number of carbonyl (C=O) groups is 2. The molecule has 0 bridgehead atoms. The molecule has 0 spiro atoms. The van der Waals surface area contributed by atoms with Crippen molar-refractivity contribution in [3.63, 3.8) is 0 Å². The molecule has 120 valence electrons. The molecule has 1 aliphatic rings. The van der Waals surface area contributed by atoms with Crippen LogP contribution in [-0.2, 0) is 13.0 Å². The van der Waals surface area contributed by atoms with Gasteiger partial charge in [-0.25, -0.2) is 0 Å². The lowest BCUT2D eigenvalue weighted by Crippen LogP contribution is -2.36. The predicted molar refractivity (Wildman–Crippen MR) is 86.5 cm³/mol. The first-order valence-electron chi connectivity index (χ1n) is 7.30. The molecule has 2 amide bonds. The standard InChI is InChI=1S/C16H17ClN4O2/c1-20(2)16(23)14-12-9-21(7-6-13(12)18-19-14)15(22)10-4-3-5-11(17)8-10/h3-5,8H,6-7,9H2,1-2H3,(H,18,19). The van der Waals surface area contributed by atoms with Crippen LogP contribution in [-0.4, -0.2) is 52.5 Å². The lowest BCUT2D eigenvalue weighted by molar-refractivity contribution is 0.0727. The molecule has 1 N–H and O–H groups in total. The molecular formula is C16H17ClN4O2. The molecule has 1 aliphatic heterocycles. The third kappa shape index (κ3) is 2.94. The molecule has 23 heavy (non-hydrogen) atoms. The maximum atomic E-state index is 12.6. The Kier molecular flexibility index (Phi) is 4.09. The number of amides is 2. The van der Waals surface area contributed by atoms with Crippen molar-refractivity contribution in [3.05, 3.63) is 51.8 Å². The second-order valence-corrected chi connectivity index (χ2v) is 6.15. The van der Waals surface area contributed by atoms with Crippen LogP contribution in [0.4, 0.5) is 0 Å². The van der Waals surface area contributed by atoms with Gasteiger partial charge in [-0.3, -0.25) is 14.7 Å². The van der Waals surface area contributed by atoms with E-state index in [4.69, 9.17) is 11.6 Å². The van der Waals surface area contributed by atoms with Gasteiger partial charge in [0, 0.05) is 48.9 Å². The molecule has 7 heteroatoms. The summed E-state index contributed by atoms with van der Waals surface area (Å²) < 4.78 is 0. The van der Waals surface area contributed by atoms with Crippen LogP contribution >= 0.6 is 11.6 Å². The number of halogens is 1. The number of aromatic amines is 1. The van der Waals surface area contributed by atoms with E-state index in [1.807, 2.05) is 0 Å². The zero-order chi connectivity index (χ0) is 16.6. The largest absolute Gasteiger partial charge is 0.343 e. The first kappa shape index (κ1) is 15.6. The summed E-state index contributed by atoms with van der Waals surface area (Å²) >= 11 is 5.96. The number of rotatable bonds is 2. The number of benzene rings is 1. The van der Waals surface area contributed by atoms with Crippen LogP contribution in [0.2, 0.25) is 5.02 Å². The molecule has 1 aromatic heterocycles. The summed E-state index contributed by atoms with van der Waals surface area (Å²) in [6, 6.07) is 6.88. The number of hydrogen-bond acceptors (Lipinski definition) is 3. The van der Waals surface area contributed by atoms with Crippen LogP contribution in [0, 0.1) is 0 Å². The van der Waals surface area contributed by atoms with Gasteiger partial charge < -0.3 is 9.80 Å². The van der Waals surface area contributed by atoms with Gasteiger partial charge in [0.05, 0.1) is 6.54 Å². The van der Waals surface area contributed by atoms with Gasteiger partial charge in [-0.15, -0.1) is 0 Å². The van der Waals surface area contributed by atoms with Crippen molar-refractivity contribution in [2.75, 3.05) is 20.6 Å². The van der Waals surface area contributed by atoms with Crippen molar-refractivity contribution in [3.8, 4) is 0 Å². The van der Waals surface area contributed by atoms with E-state index < -0.39 is 0 Å². The molecule has 3 rings (SSSR count). The van der Waals surface area contributed by atoms with Gasteiger partial charge >= 0.3 is 0 Å². The Morgan fingerprint density at radius 1 is 1.35 bits per heavy atom. The number of aromatic nitrogens is 2. The first-order valence-corrected chi connectivity index (χ1v) is 7.67. The smallest absolute Gasteiger partial charge is 0.274 e. The number of H-pyrrole nitrogens is 1. The number of nitrogens with zero attached hydrogens (tertiary/aromatic N) is 3. The number of hydrogen-bond donors (Lipinski definition) is 1. The Labute approximate surface area is 139 Å². The van der Waals surface area contributed by atoms with Crippen molar-refractivity contribution in [2.24, 2.45) is 0 Å². The quantitative estimate of drug-likeness (QED) is 0.914. The summed E-state index contributed by atoms with van der Waals surface area (Å²) in [5.74, 6) is -0.262. The summed E-state index contributed by atoms with van der Waals surface area (Å²) in [7, 11) is 3.36. The normalized spacial score (nSPS) is 13.6. The van der Waals surface area contributed by atoms with Crippen LogP contribution in [0.3, 0.4) is 0 Å². The van der Waals surface area contributed by atoms with E-state index in [0.29, 0.717) is 35.8 Å². The topological polar surface area (TPSA) is 69.3 Å². The Hall–Kier alpha value is -2.34. The summed E-state index contributed by atoms with van der Waals surface area (Å²) in [5, 5.41) is 7.57. The van der Waals surface area contributed by atoms with Gasteiger partial charge in [0.1, 0.15) is 0 Å². The monoisotopic (exact) mass is 332 g/mol. The Bertz CT molecular complexity index is 769. The van der Waals surface area contributed by atoms with Gasteiger partial charge in [-0.1, -0.05) is 17.7 Å². The Morgan fingerprint density at radius 2 is 2.13 bits per heavy atom. The van der Waals surface area contributed by atoms with E-state index >= 15 is 0 Å². The minimum atomic E-state index is -0.167. The molecule has 0 fully saturated rings. The highest BCUT2D eigenvalue weighted by Crippen LogP contribution is 2.23. The fourth-order valence-electron chi connectivity index (χ4n) is 2.66.